The molecule has 1 aromatic carbocycles. The zero-order valence-electron chi connectivity index (χ0n) is 11.5. The van der Waals surface area contributed by atoms with Crippen LogP contribution < -0.4 is 4.74 Å². The van der Waals surface area contributed by atoms with E-state index in [1.165, 1.54) is 6.08 Å². The first kappa shape index (κ1) is 13.2. The van der Waals surface area contributed by atoms with Gasteiger partial charge in [0.15, 0.2) is 5.60 Å². The van der Waals surface area contributed by atoms with E-state index in [1.54, 1.807) is 7.11 Å². The van der Waals surface area contributed by atoms with Gasteiger partial charge in [0.05, 0.1) is 13.7 Å². The van der Waals surface area contributed by atoms with Crippen LogP contribution in [0.5, 0.6) is 5.75 Å². The predicted molar refractivity (Wildman–Crippen MR) is 73.4 cm³/mol. The Labute approximate surface area is 118 Å². The van der Waals surface area contributed by atoms with Crippen molar-refractivity contribution in [3.63, 3.8) is 0 Å². The van der Waals surface area contributed by atoms with Crippen LogP contribution in [-0.2, 0) is 20.9 Å². The summed E-state index contributed by atoms with van der Waals surface area (Å²) in [6, 6.07) is 7.80. The van der Waals surface area contributed by atoms with E-state index in [2.05, 4.69) is 0 Å². The molecule has 20 heavy (non-hydrogen) atoms. The third kappa shape index (κ3) is 2.43. The minimum atomic E-state index is -0.524. The van der Waals surface area contributed by atoms with E-state index >= 15 is 0 Å². The van der Waals surface area contributed by atoms with Gasteiger partial charge in [0, 0.05) is 6.08 Å². The molecule has 0 unspecified atom stereocenters. The highest BCUT2D eigenvalue weighted by molar-refractivity contribution is 5.85. The largest absolute Gasteiger partial charge is 0.497 e. The van der Waals surface area contributed by atoms with Crippen molar-refractivity contribution in [3.05, 3.63) is 42.0 Å². The molecule has 1 aliphatic heterocycles. The number of carbonyl (C=O) groups excluding carboxylic acids is 1. The van der Waals surface area contributed by atoms with E-state index in [9.17, 15) is 4.79 Å². The van der Waals surface area contributed by atoms with E-state index in [-0.39, 0.29) is 12.1 Å². The lowest BCUT2D eigenvalue weighted by Gasteiger charge is -2.28. The van der Waals surface area contributed by atoms with Gasteiger partial charge < -0.3 is 14.2 Å². The lowest BCUT2D eigenvalue weighted by Crippen LogP contribution is -2.38. The Balaban J connectivity index is 1.62. The number of hydrogen-bond acceptors (Lipinski definition) is 4. The maximum Gasteiger partial charge on any atom is 0.331 e. The van der Waals surface area contributed by atoms with Gasteiger partial charge in [-0.2, -0.15) is 0 Å². The molecule has 0 saturated heterocycles. The zero-order valence-corrected chi connectivity index (χ0v) is 11.5. The molecule has 1 fully saturated rings. The minimum Gasteiger partial charge on any atom is -0.497 e. The molecular weight excluding hydrogens is 256 g/mol. The summed E-state index contributed by atoms with van der Waals surface area (Å²) in [6.45, 7) is 0.516. The Morgan fingerprint density at radius 3 is 2.80 bits per heavy atom. The number of rotatable bonds is 4. The normalized spacial score (nSPS) is 28.1. The average Bonchev–Trinajstić information content (AvgIpc) is 3.04. The van der Waals surface area contributed by atoms with Crippen molar-refractivity contribution in [2.24, 2.45) is 0 Å². The van der Waals surface area contributed by atoms with Crippen molar-refractivity contribution < 1.29 is 19.0 Å². The zero-order chi connectivity index (χ0) is 14.0. The molecule has 0 N–H and O–H groups in total. The van der Waals surface area contributed by atoms with Crippen LogP contribution in [0.4, 0.5) is 0 Å². The fraction of sp³-hybridized carbons (Fsp3) is 0.438. The standard InChI is InChI=1S/C16H18O4/c1-18-13-6-4-12(5-7-13)11-19-14-3-2-9-16(14)10-8-15(17)20-16/h4-8,10,14H,2-3,9,11H2,1H3/t14-,16+/m1/s1. The lowest BCUT2D eigenvalue weighted by atomic mass is 10.0. The SMILES string of the molecule is COc1ccc(CO[C@@H]2CCC[C@]23C=CC(=O)O3)cc1. The van der Waals surface area contributed by atoms with E-state index in [0.717, 1.165) is 30.6 Å². The van der Waals surface area contributed by atoms with Crippen molar-refractivity contribution in [2.45, 2.75) is 37.6 Å². The first-order chi connectivity index (χ1) is 9.72. The van der Waals surface area contributed by atoms with E-state index < -0.39 is 5.60 Å². The molecule has 0 aromatic heterocycles. The summed E-state index contributed by atoms with van der Waals surface area (Å²) in [5.41, 5.74) is 0.560. The summed E-state index contributed by atoms with van der Waals surface area (Å²) < 4.78 is 16.6. The van der Waals surface area contributed by atoms with Gasteiger partial charge >= 0.3 is 5.97 Å². The van der Waals surface area contributed by atoms with Gasteiger partial charge in [0.1, 0.15) is 11.9 Å². The molecule has 0 amide bonds. The van der Waals surface area contributed by atoms with Gasteiger partial charge in [-0.25, -0.2) is 4.79 Å². The smallest absolute Gasteiger partial charge is 0.331 e. The topological polar surface area (TPSA) is 44.8 Å². The van der Waals surface area contributed by atoms with Gasteiger partial charge in [-0.1, -0.05) is 12.1 Å². The minimum absolute atomic E-state index is 0.0488. The number of methoxy groups -OCH3 is 1. The number of carbonyl (C=O) groups is 1. The van der Waals surface area contributed by atoms with Crippen LogP contribution in [0.2, 0.25) is 0 Å². The van der Waals surface area contributed by atoms with Crippen LogP contribution in [0.3, 0.4) is 0 Å². The highest BCUT2D eigenvalue weighted by Crippen LogP contribution is 2.40. The predicted octanol–water partition coefficient (Wildman–Crippen LogP) is 2.62. The molecule has 0 radical (unpaired) electrons. The van der Waals surface area contributed by atoms with Crippen LogP contribution >= 0.6 is 0 Å². The Morgan fingerprint density at radius 1 is 1.35 bits per heavy atom. The third-order valence-corrected chi connectivity index (χ3v) is 3.98. The number of ether oxygens (including phenoxy) is 3. The van der Waals surface area contributed by atoms with Gasteiger partial charge in [-0.3, -0.25) is 0 Å². The maximum absolute atomic E-state index is 11.3. The number of hydrogen-bond donors (Lipinski definition) is 0. The van der Waals surface area contributed by atoms with Gasteiger partial charge in [-0.15, -0.1) is 0 Å². The van der Waals surface area contributed by atoms with Crippen molar-refractivity contribution in [2.75, 3.05) is 7.11 Å². The highest BCUT2D eigenvalue weighted by atomic mass is 16.6. The fourth-order valence-corrected chi connectivity index (χ4v) is 2.88. The van der Waals surface area contributed by atoms with Crippen LogP contribution in [-0.4, -0.2) is 24.8 Å². The summed E-state index contributed by atoms with van der Waals surface area (Å²) in [7, 11) is 1.65. The van der Waals surface area contributed by atoms with Crippen LogP contribution in [0.25, 0.3) is 0 Å². The van der Waals surface area contributed by atoms with Crippen LogP contribution in [0, 0.1) is 0 Å². The summed E-state index contributed by atoms with van der Waals surface area (Å²) in [4.78, 5) is 11.3. The molecule has 106 valence electrons. The van der Waals surface area contributed by atoms with E-state index in [0.29, 0.717) is 6.61 Å². The van der Waals surface area contributed by atoms with Crippen molar-refractivity contribution in [1.29, 1.82) is 0 Å². The summed E-state index contributed by atoms with van der Waals surface area (Å²) in [5.74, 6) is 0.573. The average molecular weight is 274 g/mol. The maximum atomic E-state index is 11.3. The van der Waals surface area contributed by atoms with Gasteiger partial charge in [0.2, 0.25) is 0 Å². The monoisotopic (exact) mass is 274 g/mol. The molecule has 0 bridgehead atoms. The van der Waals surface area contributed by atoms with Crippen molar-refractivity contribution >= 4 is 5.97 Å². The quantitative estimate of drug-likeness (QED) is 0.792. The Morgan fingerprint density at radius 2 is 2.15 bits per heavy atom. The second-order valence-electron chi connectivity index (χ2n) is 5.25. The number of benzene rings is 1. The fourth-order valence-electron chi connectivity index (χ4n) is 2.88. The third-order valence-electron chi connectivity index (χ3n) is 3.98. The first-order valence-corrected chi connectivity index (χ1v) is 6.89. The van der Waals surface area contributed by atoms with Crippen molar-refractivity contribution in [1.82, 2.24) is 0 Å². The van der Waals surface area contributed by atoms with Gasteiger partial charge in [-0.05, 0) is 43.0 Å². The first-order valence-electron chi connectivity index (χ1n) is 6.89. The molecule has 1 saturated carbocycles. The Kier molecular flexibility index (Phi) is 3.49. The second kappa shape index (κ2) is 5.29. The van der Waals surface area contributed by atoms with Crippen LogP contribution in [0.1, 0.15) is 24.8 Å². The lowest BCUT2D eigenvalue weighted by molar-refractivity contribution is -0.156. The second-order valence-corrected chi connectivity index (χ2v) is 5.25. The van der Waals surface area contributed by atoms with E-state index in [4.69, 9.17) is 14.2 Å². The summed E-state index contributed by atoms with van der Waals surface area (Å²) in [5, 5.41) is 0. The molecular formula is C16H18O4. The van der Waals surface area contributed by atoms with Gasteiger partial charge in [0.25, 0.3) is 0 Å². The molecule has 1 aliphatic carbocycles. The molecule has 4 heteroatoms. The molecule has 1 aromatic rings. The molecule has 2 atom stereocenters. The molecule has 4 nitrogen and oxygen atoms in total. The van der Waals surface area contributed by atoms with Crippen molar-refractivity contribution in [3.8, 4) is 5.75 Å². The number of esters is 1. The Hall–Kier alpha value is -1.81. The summed E-state index contributed by atoms with van der Waals surface area (Å²) >= 11 is 0. The molecule has 3 rings (SSSR count). The van der Waals surface area contributed by atoms with Crippen LogP contribution in [0.15, 0.2) is 36.4 Å². The summed E-state index contributed by atoms with van der Waals surface area (Å²) in [6.07, 6.45) is 6.12. The highest BCUT2D eigenvalue weighted by Gasteiger charge is 2.47. The van der Waals surface area contributed by atoms with E-state index in [1.807, 2.05) is 30.3 Å². The Bertz CT molecular complexity index is 520. The molecule has 2 aliphatic rings. The molecule has 1 spiro atoms. The molecule has 1 heterocycles.